The number of hydrogen-bond donors (Lipinski definition) is 0. The molecule has 0 unspecified atom stereocenters. The van der Waals surface area contributed by atoms with E-state index in [1.54, 1.807) is 0 Å². The summed E-state index contributed by atoms with van der Waals surface area (Å²) < 4.78 is 0. The lowest BCUT2D eigenvalue weighted by atomic mass is 9.89. The van der Waals surface area contributed by atoms with E-state index in [0.717, 1.165) is 0 Å². The number of benzene rings is 10. The molecule has 0 aliphatic carbocycles. The Morgan fingerprint density at radius 1 is 0.130 bits per heavy atom. The molecule has 0 nitrogen and oxygen atoms in total. The molecule has 0 fully saturated rings. The van der Waals surface area contributed by atoms with Crippen LogP contribution in [0.3, 0.4) is 0 Å². The summed E-state index contributed by atoms with van der Waals surface area (Å²) >= 11 is 0. The summed E-state index contributed by atoms with van der Waals surface area (Å²) in [7, 11) is 0. The fourth-order valence-corrected chi connectivity index (χ4v) is 8.09. The molecular formula is C54H36. The van der Waals surface area contributed by atoms with Crippen LogP contribution in [0, 0.1) is 0 Å². The molecule has 0 radical (unpaired) electrons. The van der Waals surface area contributed by atoms with Gasteiger partial charge in [-0.2, -0.15) is 0 Å². The Morgan fingerprint density at radius 3 is 0.704 bits per heavy atom. The summed E-state index contributed by atoms with van der Waals surface area (Å²) in [5, 5.41) is 7.66. The predicted molar refractivity (Wildman–Crippen MR) is 232 cm³/mol. The van der Waals surface area contributed by atoms with Gasteiger partial charge in [0.25, 0.3) is 0 Å². The van der Waals surface area contributed by atoms with Crippen molar-refractivity contribution >= 4 is 32.3 Å². The van der Waals surface area contributed by atoms with Crippen molar-refractivity contribution in [3.63, 3.8) is 0 Å². The van der Waals surface area contributed by atoms with Crippen LogP contribution in [-0.4, -0.2) is 0 Å². The zero-order chi connectivity index (χ0) is 35.8. The molecule has 0 aromatic heterocycles. The molecule has 54 heavy (non-hydrogen) atoms. The van der Waals surface area contributed by atoms with E-state index >= 15 is 0 Å². The van der Waals surface area contributed by atoms with Gasteiger partial charge in [-0.25, -0.2) is 0 Å². The molecule has 0 N–H and O–H groups in total. The molecule has 0 aliphatic rings. The number of rotatable bonds is 6. The van der Waals surface area contributed by atoms with E-state index in [0.29, 0.717) is 0 Å². The molecule has 0 spiro atoms. The second-order valence-electron chi connectivity index (χ2n) is 14.1. The van der Waals surface area contributed by atoms with Crippen molar-refractivity contribution in [2.24, 2.45) is 0 Å². The lowest BCUT2D eigenvalue weighted by Gasteiger charge is -2.14. The van der Waals surface area contributed by atoms with Gasteiger partial charge in [-0.15, -0.1) is 0 Å². The normalized spacial score (nSPS) is 11.3. The molecule has 0 saturated carbocycles. The third-order valence-corrected chi connectivity index (χ3v) is 10.8. The van der Waals surface area contributed by atoms with E-state index in [4.69, 9.17) is 0 Å². The summed E-state index contributed by atoms with van der Waals surface area (Å²) in [6, 6.07) is 79.7. The molecule has 252 valence electrons. The third kappa shape index (κ3) is 5.85. The SMILES string of the molecule is c1ccc(-c2cccc(-c3cccc(-c4ccc5c6ccc(-c7cccc(-c8cccc(-c9ccccc9)c8)c7)cc6c6ccccc6c5c4)c3)c2)cc1. The van der Waals surface area contributed by atoms with Crippen LogP contribution in [-0.2, 0) is 0 Å². The maximum absolute atomic E-state index is 2.39. The highest BCUT2D eigenvalue weighted by Crippen LogP contribution is 2.40. The highest BCUT2D eigenvalue weighted by Gasteiger charge is 2.13. The average Bonchev–Trinajstić information content (AvgIpc) is 3.27. The zero-order valence-electron chi connectivity index (χ0n) is 29.8. The first-order valence-electron chi connectivity index (χ1n) is 18.7. The Labute approximate surface area is 316 Å². The molecule has 0 heteroatoms. The van der Waals surface area contributed by atoms with Crippen LogP contribution in [0.5, 0.6) is 0 Å². The molecule has 0 aliphatic heterocycles. The minimum absolute atomic E-state index is 1.22. The Morgan fingerprint density at radius 2 is 0.370 bits per heavy atom. The maximum atomic E-state index is 2.39. The molecule has 10 aromatic rings. The molecule has 10 rings (SSSR count). The van der Waals surface area contributed by atoms with E-state index in [1.165, 1.54) is 99.1 Å². The highest BCUT2D eigenvalue weighted by atomic mass is 14.2. The van der Waals surface area contributed by atoms with Crippen LogP contribution in [0.15, 0.2) is 218 Å². The third-order valence-electron chi connectivity index (χ3n) is 10.8. The number of hydrogen-bond acceptors (Lipinski definition) is 0. The van der Waals surface area contributed by atoms with Gasteiger partial charge in [0.2, 0.25) is 0 Å². The lowest BCUT2D eigenvalue weighted by molar-refractivity contribution is 1.58. The Hall–Kier alpha value is -7.02. The molecule has 10 aromatic carbocycles. The maximum Gasteiger partial charge on any atom is -0.00928 e. The summed E-state index contributed by atoms with van der Waals surface area (Å²) in [6.07, 6.45) is 0. The quantitative estimate of drug-likeness (QED) is 0.153. The van der Waals surface area contributed by atoms with Crippen LogP contribution < -0.4 is 0 Å². The van der Waals surface area contributed by atoms with Gasteiger partial charge in [0, 0.05) is 0 Å². The van der Waals surface area contributed by atoms with E-state index in [1.807, 2.05) is 0 Å². The van der Waals surface area contributed by atoms with Crippen molar-refractivity contribution in [1.82, 2.24) is 0 Å². The first-order valence-corrected chi connectivity index (χ1v) is 18.7. The van der Waals surface area contributed by atoms with Gasteiger partial charge in [-0.3, -0.25) is 0 Å². The Bertz CT molecular complexity index is 2750. The standard InChI is InChI=1S/C54H36/c1-3-13-37(14-4-1)39-17-9-19-41(31-39)43-21-11-23-45(33-43)47-27-29-51-52-30-28-48(36-54(52)50-26-8-7-25-49(50)53(51)35-47)46-24-12-22-44(34-46)42-20-10-18-40(32-42)38-15-5-2-6-16-38/h1-36H. The largest absolute Gasteiger partial charge is 0.0622 e. The number of fused-ring (bicyclic) bond motifs is 6. The van der Waals surface area contributed by atoms with Crippen molar-refractivity contribution in [2.45, 2.75) is 0 Å². The van der Waals surface area contributed by atoms with Gasteiger partial charge in [0.15, 0.2) is 0 Å². The van der Waals surface area contributed by atoms with Gasteiger partial charge < -0.3 is 0 Å². The molecule has 0 heterocycles. The molecule has 0 atom stereocenters. The second-order valence-corrected chi connectivity index (χ2v) is 14.1. The average molecular weight is 685 g/mol. The molecule has 0 amide bonds. The van der Waals surface area contributed by atoms with Crippen LogP contribution in [0.25, 0.3) is 99.1 Å². The fourth-order valence-electron chi connectivity index (χ4n) is 8.09. The monoisotopic (exact) mass is 684 g/mol. The predicted octanol–water partition coefficient (Wildman–Crippen LogP) is 15.1. The first-order chi connectivity index (χ1) is 26.7. The van der Waals surface area contributed by atoms with E-state index < -0.39 is 0 Å². The van der Waals surface area contributed by atoms with Gasteiger partial charge >= 0.3 is 0 Å². The molecule has 0 saturated heterocycles. The second kappa shape index (κ2) is 13.5. The molecular weight excluding hydrogens is 649 g/mol. The van der Waals surface area contributed by atoms with Gasteiger partial charge in [0.05, 0.1) is 0 Å². The fraction of sp³-hybridized carbons (Fsp3) is 0. The Kier molecular flexibility index (Phi) is 7.93. The highest BCUT2D eigenvalue weighted by molar-refractivity contribution is 6.26. The molecule has 0 bridgehead atoms. The van der Waals surface area contributed by atoms with E-state index in [-0.39, 0.29) is 0 Å². The lowest BCUT2D eigenvalue weighted by Crippen LogP contribution is -1.87. The van der Waals surface area contributed by atoms with Crippen molar-refractivity contribution in [2.75, 3.05) is 0 Å². The Balaban J connectivity index is 1.04. The summed E-state index contributed by atoms with van der Waals surface area (Å²) in [5.74, 6) is 0. The summed E-state index contributed by atoms with van der Waals surface area (Å²) in [5.41, 5.74) is 14.7. The van der Waals surface area contributed by atoms with Gasteiger partial charge in [-0.05, 0) is 135 Å². The minimum Gasteiger partial charge on any atom is -0.0622 e. The summed E-state index contributed by atoms with van der Waals surface area (Å²) in [4.78, 5) is 0. The van der Waals surface area contributed by atoms with Crippen LogP contribution in [0.2, 0.25) is 0 Å². The van der Waals surface area contributed by atoms with Crippen molar-refractivity contribution in [3.05, 3.63) is 218 Å². The smallest absolute Gasteiger partial charge is 0.00928 e. The van der Waals surface area contributed by atoms with Crippen LogP contribution in [0.1, 0.15) is 0 Å². The van der Waals surface area contributed by atoms with Crippen LogP contribution >= 0.6 is 0 Å². The van der Waals surface area contributed by atoms with Crippen LogP contribution in [0.4, 0.5) is 0 Å². The summed E-state index contributed by atoms with van der Waals surface area (Å²) in [6.45, 7) is 0. The first kappa shape index (κ1) is 31.7. The van der Waals surface area contributed by atoms with E-state index in [2.05, 4.69) is 218 Å². The minimum atomic E-state index is 1.22. The van der Waals surface area contributed by atoms with Crippen molar-refractivity contribution in [3.8, 4) is 66.8 Å². The van der Waals surface area contributed by atoms with Gasteiger partial charge in [-0.1, -0.05) is 182 Å². The van der Waals surface area contributed by atoms with E-state index in [9.17, 15) is 0 Å². The van der Waals surface area contributed by atoms with Crippen molar-refractivity contribution < 1.29 is 0 Å². The zero-order valence-corrected chi connectivity index (χ0v) is 29.8. The van der Waals surface area contributed by atoms with Crippen molar-refractivity contribution in [1.29, 1.82) is 0 Å². The topological polar surface area (TPSA) is 0 Å². The van der Waals surface area contributed by atoms with Gasteiger partial charge in [0.1, 0.15) is 0 Å².